The number of carbonyl (C=O) groups is 3. The zero-order valence-electron chi connectivity index (χ0n) is 39.5. The molecule has 0 aromatic heterocycles. The highest BCUT2D eigenvalue weighted by Crippen LogP contribution is 2.37. The maximum absolute atomic E-state index is 12.8. The van der Waals surface area contributed by atoms with Crippen LogP contribution in [0.15, 0.2) is 48.5 Å². The van der Waals surface area contributed by atoms with Crippen molar-refractivity contribution in [2.75, 3.05) is 52.9 Å². The summed E-state index contributed by atoms with van der Waals surface area (Å²) in [5.41, 5.74) is 2.13. The molecule has 3 saturated heterocycles. The number of Topliss-reactive ketones (excluding diaryl/α,β-unsaturated/α-hetero) is 1. The van der Waals surface area contributed by atoms with Gasteiger partial charge in [-0.1, -0.05) is 37.1 Å². The van der Waals surface area contributed by atoms with Crippen molar-refractivity contribution in [1.29, 1.82) is 0 Å². The van der Waals surface area contributed by atoms with Gasteiger partial charge in [0.2, 0.25) is 5.91 Å². The Hall–Kier alpha value is -3.60. The molecule has 3 aliphatic heterocycles. The Morgan fingerprint density at radius 2 is 1.28 bits per heavy atom. The molecule has 5 rings (SSSR count). The molecule has 0 bridgehead atoms. The Balaban J connectivity index is 1.06. The van der Waals surface area contributed by atoms with Gasteiger partial charge in [-0.25, -0.2) is 0 Å². The predicted molar refractivity (Wildman–Crippen MR) is 245 cm³/mol. The number of hydrogen-bond donors (Lipinski definition) is 12. The van der Waals surface area contributed by atoms with Gasteiger partial charge in [0.1, 0.15) is 85.5 Å². The third-order valence-corrected chi connectivity index (χ3v) is 12.7. The first kappa shape index (κ1) is 58.3. The summed E-state index contributed by atoms with van der Waals surface area (Å²) in [5, 5.41) is 99.8. The third kappa shape index (κ3) is 17.0. The number of nitrogens with one attached hydrogen (secondary N) is 2. The molecule has 16 atom stereocenters. The number of amides is 2. The van der Waals surface area contributed by atoms with E-state index in [0.717, 1.165) is 37.1 Å². The minimum Gasteiger partial charge on any atom is -0.486 e. The molecule has 3 aliphatic rings. The third-order valence-electron chi connectivity index (χ3n) is 12.0. The Labute approximate surface area is 410 Å². The molecule has 0 saturated carbocycles. The molecule has 2 amide bonds. The van der Waals surface area contributed by atoms with Gasteiger partial charge < -0.3 is 99.2 Å². The predicted octanol–water partition coefficient (Wildman–Crippen LogP) is -1.80. The molecule has 3 heterocycles. The lowest BCUT2D eigenvalue weighted by atomic mass is 9.95. The summed E-state index contributed by atoms with van der Waals surface area (Å²) in [4.78, 5) is 47.0. The topological polar surface area (TPSA) is 368 Å². The number of benzene rings is 2. The van der Waals surface area contributed by atoms with Crippen LogP contribution < -0.4 is 15.4 Å². The second kappa shape index (κ2) is 28.2. The number of ether oxygens (including phenoxy) is 7. The van der Waals surface area contributed by atoms with Crippen LogP contribution >= 0.6 is 7.60 Å². The maximum Gasteiger partial charge on any atom is 0.325 e. The minimum absolute atomic E-state index is 0.0123. The number of rotatable bonds is 27. The average Bonchev–Trinajstić information content (AvgIpc) is 3.34. The number of aliphatic hydroxyl groups excluding tert-OH is 9. The van der Waals surface area contributed by atoms with Crippen LogP contribution in [-0.4, -0.2) is 213 Å². The van der Waals surface area contributed by atoms with Crippen molar-refractivity contribution in [2.45, 2.75) is 144 Å². The Morgan fingerprint density at radius 3 is 1.94 bits per heavy atom. The largest absolute Gasteiger partial charge is 0.486 e. The maximum atomic E-state index is 12.8. The van der Waals surface area contributed by atoms with Gasteiger partial charge in [0.25, 0.3) is 5.91 Å². The number of unbranched alkanes of at least 4 members (excludes halogenated alkanes) is 4. The number of ketones is 1. The monoisotopic (exact) mass is 1030 g/mol. The molecular weight excluding hydrogens is 963 g/mol. The molecule has 2 aromatic rings. The van der Waals surface area contributed by atoms with Crippen LogP contribution in [0.4, 0.5) is 0 Å². The SMILES string of the molecule is CC(=O)NC1[C@H](OCCCCC(=O)COc2ccc(-c3cccc(C(=O)NCCCCCCOP(C)(=O)O)c3)cc2)OC(CO)[C@@H](O[C@@H]2OC(CO)[C@H](O)[C@H](O[C@H]3OC(CO)[C@H](O)C(O)[C@@H]3O)C2O)[C@@H]1O. The molecule has 0 aliphatic carbocycles. The summed E-state index contributed by atoms with van der Waals surface area (Å²) in [5.74, 6) is -0.550. The normalized spacial score (nSPS) is 31.9. The molecule has 0 spiro atoms. The van der Waals surface area contributed by atoms with E-state index in [2.05, 4.69) is 10.6 Å². The second-order valence-electron chi connectivity index (χ2n) is 17.6. The lowest BCUT2D eigenvalue weighted by Crippen LogP contribution is -2.68. The second-order valence-corrected chi connectivity index (χ2v) is 19.5. The van der Waals surface area contributed by atoms with E-state index < -0.39 is 125 Å². The van der Waals surface area contributed by atoms with E-state index in [1.54, 1.807) is 30.3 Å². The summed E-state index contributed by atoms with van der Waals surface area (Å²) in [7, 11) is -3.47. The van der Waals surface area contributed by atoms with Crippen molar-refractivity contribution in [3.63, 3.8) is 0 Å². The van der Waals surface area contributed by atoms with Gasteiger partial charge in [-0.15, -0.1) is 0 Å². The average molecular weight is 1030 g/mol. The van der Waals surface area contributed by atoms with E-state index in [1.807, 2.05) is 18.2 Å². The fraction of sp³-hybridized carbons (Fsp3) is 0.674. The van der Waals surface area contributed by atoms with E-state index in [0.29, 0.717) is 37.1 Å². The molecule has 2 aromatic carbocycles. The van der Waals surface area contributed by atoms with Crippen LogP contribution in [0.1, 0.15) is 62.2 Å². The summed E-state index contributed by atoms with van der Waals surface area (Å²) in [6.45, 7) is 0.376. The first-order chi connectivity index (χ1) is 33.8. The summed E-state index contributed by atoms with van der Waals surface area (Å²) < 4.78 is 56.0. The Morgan fingerprint density at radius 1 is 0.662 bits per heavy atom. The van der Waals surface area contributed by atoms with Gasteiger partial charge >= 0.3 is 7.60 Å². The molecule has 3 fully saturated rings. The summed E-state index contributed by atoms with van der Waals surface area (Å²) >= 11 is 0. The number of hydrogen-bond acceptors (Lipinski definition) is 21. The van der Waals surface area contributed by atoms with Crippen LogP contribution in [0, 0.1) is 0 Å². The quantitative estimate of drug-likeness (QED) is 0.0347. The van der Waals surface area contributed by atoms with Crippen molar-refractivity contribution in [3.05, 3.63) is 54.1 Å². The lowest BCUT2D eigenvalue weighted by Gasteiger charge is -2.48. The van der Waals surface area contributed by atoms with Crippen LogP contribution in [0.5, 0.6) is 5.75 Å². The first-order valence-corrected chi connectivity index (χ1v) is 25.5. The minimum atomic E-state index is -3.47. The van der Waals surface area contributed by atoms with Gasteiger partial charge in [-0.2, -0.15) is 0 Å². The van der Waals surface area contributed by atoms with Gasteiger partial charge in [-0.3, -0.25) is 18.9 Å². The van der Waals surface area contributed by atoms with E-state index in [1.165, 1.54) is 6.92 Å². The molecule has 71 heavy (non-hydrogen) atoms. The molecule has 400 valence electrons. The van der Waals surface area contributed by atoms with Crippen molar-refractivity contribution in [3.8, 4) is 16.9 Å². The molecule has 12 N–H and O–H groups in total. The van der Waals surface area contributed by atoms with Crippen molar-refractivity contribution < 1.29 is 107 Å². The Bertz CT molecular complexity index is 2010. The highest BCUT2D eigenvalue weighted by atomic mass is 31.2. The van der Waals surface area contributed by atoms with Gasteiger partial charge in [0, 0.05) is 38.7 Å². The fourth-order valence-corrected chi connectivity index (χ4v) is 8.61. The summed E-state index contributed by atoms with van der Waals surface area (Å²) in [6, 6.07) is 12.9. The lowest BCUT2D eigenvalue weighted by molar-refractivity contribution is -0.376. The van der Waals surface area contributed by atoms with Gasteiger partial charge in [-0.05, 0) is 61.1 Å². The van der Waals surface area contributed by atoms with Crippen LogP contribution in [-0.2, 0) is 47.1 Å². The van der Waals surface area contributed by atoms with Crippen molar-refractivity contribution in [1.82, 2.24) is 10.6 Å². The Kier molecular flexibility index (Phi) is 23.1. The van der Waals surface area contributed by atoms with E-state index in [-0.39, 0.29) is 37.9 Å². The van der Waals surface area contributed by atoms with Gasteiger partial charge in [0.05, 0.1) is 26.4 Å². The zero-order chi connectivity index (χ0) is 51.8. The molecule has 0 radical (unpaired) electrons. The zero-order valence-corrected chi connectivity index (χ0v) is 40.4. The molecular formula is C46H69N2O22P. The number of carbonyl (C=O) groups excluding carboxylic acids is 3. The molecule has 25 heteroatoms. The molecule has 24 nitrogen and oxygen atoms in total. The van der Waals surface area contributed by atoms with Crippen molar-refractivity contribution in [2.24, 2.45) is 0 Å². The van der Waals surface area contributed by atoms with Crippen molar-refractivity contribution >= 4 is 25.2 Å². The fourth-order valence-electron chi connectivity index (χ4n) is 8.14. The van der Waals surface area contributed by atoms with Crippen LogP contribution in [0.2, 0.25) is 0 Å². The first-order valence-electron chi connectivity index (χ1n) is 23.5. The van der Waals surface area contributed by atoms with Crippen LogP contribution in [0.3, 0.4) is 0 Å². The van der Waals surface area contributed by atoms with Crippen LogP contribution in [0.25, 0.3) is 11.1 Å². The highest BCUT2D eigenvalue weighted by molar-refractivity contribution is 7.51. The van der Waals surface area contributed by atoms with E-state index in [9.17, 15) is 69.8 Å². The van der Waals surface area contributed by atoms with E-state index in [4.69, 9.17) is 37.7 Å². The van der Waals surface area contributed by atoms with E-state index >= 15 is 0 Å². The summed E-state index contributed by atoms with van der Waals surface area (Å²) in [6.07, 6.45) is -19.7. The number of aliphatic hydroxyl groups is 9. The molecule has 7 unspecified atom stereocenters. The smallest absolute Gasteiger partial charge is 0.325 e. The van der Waals surface area contributed by atoms with Gasteiger partial charge in [0.15, 0.2) is 24.7 Å². The highest BCUT2D eigenvalue weighted by Gasteiger charge is 2.54. The standard InChI is InChI=1S/C46H69N2O22P/c1-25(52)48-34-37(56)41(69-46-40(59)42(36(55)32(22-50)67-46)70-45-39(58)38(57)35(54)31(21-49)66-45)33(23-51)68-44(34)63-18-8-5-12-29(53)24-64-30-15-13-26(14-16-30)27-10-9-11-28(20-27)43(60)47-17-6-3-4-7-19-65-71(2,61)62/h9-11,13-16,20,31-42,44-46,49-51,54-59H,3-8,12,17-19,21-24H2,1-2H3,(H,47,60)(H,48,52)(H,61,62)/t31?,32?,33?,34?,35-,36-,37+,38?,39-,40?,41+,42-,44+,45+,46-/m0/s1.